The SMILES string of the molecule is CCC(N)CN(C)Cc1cccc(Br)c1. The summed E-state index contributed by atoms with van der Waals surface area (Å²) in [7, 11) is 2.11. The van der Waals surface area contributed by atoms with Gasteiger partial charge in [-0.2, -0.15) is 0 Å². The lowest BCUT2D eigenvalue weighted by Crippen LogP contribution is -2.34. The second-order valence-corrected chi connectivity index (χ2v) is 4.91. The van der Waals surface area contributed by atoms with E-state index >= 15 is 0 Å². The monoisotopic (exact) mass is 270 g/mol. The lowest BCUT2D eigenvalue weighted by atomic mass is 10.2. The maximum atomic E-state index is 5.91. The van der Waals surface area contributed by atoms with E-state index in [1.54, 1.807) is 0 Å². The maximum Gasteiger partial charge on any atom is 0.0231 e. The van der Waals surface area contributed by atoms with Gasteiger partial charge in [-0.3, -0.25) is 0 Å². The number of nitrogens with two attached hydrogens (primary N) is 1. The zero-order valence-corrected chi connectivity index (χ0v) is 11.0. The van der Waals surface area contributed by atoms with E-state index in [2.05, 4.69) is 53.0 Å². The number of nitrogens with zero attached hydrogens (tertiary/aromatic N) is 1. The lowest BCUT2D eigenvalue weighted by molar-refractivity contribution is 0.300. The van der Waals surface area contributed by atoms with E-state index in [0.717, 1.165) is 24.0 Å². The standard InChI is InChI=1S/C12H19BrN2/c1-3-12(14)9-15(2)8-10-5-4-6-11(13)7-10/h4-7,12H,3,8-9,14H2,1-2H3. The van der Waals surface area contributed by atoms with Gasteiger partial charge in [0.05, 0.1) is 0 Å². The van der Waals surface area contributed by atoms with Gasteiger partial charge < -0.3 is 10.6 Å². The van der Waals surface area contributed by atoms with E-state index in [0.29, 0.717) is 0 Å². The van der Waals surface area contributed by atoms with Crippen molar-refractivity contribution in [2.45, 2.75) is 25.9 Å². The van der Waals surface area contributed by atoms with Crippen LogP contribution in [-0.2, 0) is 6.54 Å². The normalized spacial score (nSPS) is 13.1. The molecule has 1 unspecified atom stereocenters. The average molecular weight is 271 g/mol. The molecule has 1 aromatic rings. The first-order valence-electron chi connectivity index (χ1n) is 5.30. The molecule has 1 atom stereocenters. The van der Waals surface area contributed by atoms with Crippen LogP contribution in [-0.4, -0.2) is 24.5 Å². The largest absolute Gasteiger partial charge is 0.327 e. The Morgan fingerprint density at radius 1 is 1.47 bits per heavy atom. The molecule has 3 heteroatoms. The first kappa shape index (κ1) is 12.7. The van der Waals surface area contributed by atoms with Gasteiger partial charge in [-0.1, -0.05) is 35.0 Å². The number of rotatable bonds is 5. The molecule has 84 valence electrons. The Kier molecular flexibility index (Phi) is 5.29. The minimum atomic E-state index is 0.280. The topological polar surface area (TPSA) is 29.3 Å². The number of likely N-dealkylation sites (N-methyl/N-ethyl adjacent to an activating group) is 1. The van der Waals surface area contributed by atoms with Crippen LogP contribution in [0.1, 0.15) is 18.9 Å². The molecule has 15 heavy (non-hydrogen) atoms. The van der Waals surface area contributed by atoms with Gasteiger partial charge in [-0.15, -0.1) is 0 Å². The van der Waals surface area contributed by atoms with Crippen molar-refractivity contribution in [1.29, 1.82) is 0 Å². The minimum Gasteiger partial charge on any atom is -0.327 e. The van der Waals surface area contributed by atoms with Gasteiger partial charge in [0.25, 0.3) is 0 Å². The summed E-state index contributed by atoms with van der Waals surface area (Å²) in [5.41, 5.74) is 7.22. The second-order valence-electron chi connectivity index (χ2n) is 3.99. The van der Waals surface area contributed by atoms with Gasteiger partial charge >= 0.3 is 0 Å². The van der Waals surface area contributed by atoms with Crippen molar-refractivity contribution in [1.82, 2.24) is 4.90 Å². The van der Waals surface area contributed by atoms with E-state index in [-0.39, 0.29) is 6.04 Å². The highest BCUT2D eigenvalue weighted by Gasteiger charge is 2.05. The quantitative estimate of drug-likeness (QED) is 0.892. The lowest BCUT2D eigenvalue weighted by Gasteiger charge is -2.20. The molecule has 1 rings (SSSR count). The third-order valence-corrected chi connectivity index (χ3v) is 2.91. The summed E-state index contributed by atoms with van der Waals surface area (Å²) >= 11 is 3.47. The summed E-state index contributed by atoms with van der Waals surface area (Å²) in [5, 5.41) is 0. The van der Waals surface area contributed by atoms with E-state index in [1.165, 1.54) is 5.56 Å². The summed E-state index contributed by atoms with van der Waals surface area (Å²) in [6.45, 7) is 4.02. The number of hydrogen-bond acceptors (Lipinski definition) is 2. The third-order valence-electron chi connectivity index (χ3n) is 2.41. The molecule has 0 amide bonds. The van der Waals surface area contributed by atoms with Crippen LogP contribution in [0.2, 0.25) is 0 Å². The molecule has 0 aliphatic heterocycles. The summed E-state index contributed by atoms with van der Waals surface area (Å²) in [5.74, 6) is 0. The molecule has 0 aliphatic carbocycles. The van der Waals surface area contributed by atoms with Crippen molar-refractivity contribution in [3.63, 3.8) is 0 Å². The van der Waals surface area contributed by atoms with Gasteiger partial charge in [0.2, 0.25) is 0 Å². The molecule has 2 N–H and O–H groups in total. The molecule has 0 radical (unpaired) electrons. The average Bonchev–Trinajstić information content (AvgIpc) is 2.17. The maximum absolute atomic E-state index is 5.91. The van der Waals surface area contributed by atoms with Crippen molar-refractivity contribution in [2.24, 2.45) is 5.73 Å². The Hall–Kier alpha value is -0.380. The molecule has 0 spiro atoms. The Morgan fingerprint density at radius 2 is 2.20 bits per heavy atom. The van der Waals surface area contributed by atoms with Crippen LogP contribution in [0, 0.1) is 0 Å². The van der Waals surface area contributed by atoms with E-state index < -0.39 is 0 Å². The van der Waals surface area contributed by atoms with Gasteiger partial charge in [0.15, 0.2) is 0 Å². The van der Waals surface area contributed by atoms with Crippen LogP contribution in [0.3, 0.4) is 0 Å². The van der Waals surface area contributed by atoms with Crippen molar-refractivity contribution in [3.05, 3.63) is 34.3 Å². The number of benzene rings is 1. The fourth-order valence-corrected chi connectivity index (χ4v) is 1.99. The smallest absolute Gasteiger partial charge is 0.0231 e. The van der Waals surface area contributed by atoms with Gasteiger partial charge in [-0.05, 0) is 31.2 Å². The second kappa shape index (κ2) is 6.26. The van der Waals surface area contributed by atoms with E-state index in [4.69, 9.17) is 5.73 Å². The first-order chi connectivity index (χ1) is 7.11. The molecule has 1 aromatic carbocycles. The van der Waals surface area contributed by atoms with Crippen LogP contribution in [0.15, 0.2) is 28.7 Å². The fraction of sp³-hybridized carbons (Fsp3) is 0.500. The third kappa shape index (κ3) is 4.78. The zero-order chi connectivity index (χ0) is 11.3. The van der Waals surface area contributed by atoms with Crippen LogP contribution in [0.4, 0.5) is 0 Å². The Labute approximate surface area is 101 Å². The summed E-state index contributed by atoms with van der Waals surface area (Å²) in [4.78, 5) is 2.26. The molecule has 0 aromatic heterocycles. The summed E-state index contributed by atoms with van der Waals surface area (Å²) < 4.78 is 1.13. The molecule has 0 saturated heterocycles. The Morgan fingerprint density at radius 3 is 2.80 bits per heavy atom. The van der Waals surface area contributed by atoms with Crippen LogP contribution < -0.4 is 5.73 Å². The molecule has 0 fully saturated rings. The number of hydrogen-bond donors (Lipinski definition) is 1. The number of halogens is 1. The van der Waals surface area contributed by atoms with Crippen molar-refractivity contribution < 1.29 is 0 Å². The van der Waals surface area contributed by atoms with Crippen molar-refractivity contribution in [3.8, 4) is 0 Å². The minimum absolute atomic E-state index is 0.280. The van der Waals surface area contributed by atoms with E-state index in [9.17, 15) is 0 Å². The highest BCUT2D eigenvalue weighted by Crippen LogP contribution is 2.12. The molecule has 2 nitrogen and oxygen atoms in total. The van der Waals surface area contributed by atoms with Gasteiger partial charge in [-0.25, -0.2) is 0 Å². The summed E-state index contributed by atoms with van der Waals surface area (Å²) in [6, 6.07) is 8.67. The van der Waals surface area contributed by atoms with Crippen molar-refractivity contribution in [2.75, 3.05) is 13.6 Å². The van der Waals surface area contributed by atoms with Crippen LogP contribution in [0.5, 0.6) is 0 Å². The first-order valence-corrected chi connectivity index (χ1v) is 6.09. The predicted molar refractivity (Wildman–Crippen MR) is 68.7 cm³/mol. The van der Waals surface area contributed by atoms with E-state index in [1.807, 2.05) is 6.07 Å². The van der Waals surface area contributed by atoms with Crippen LogP contribution >= 0.6 is 15.9 Å². The molecule has 0 aliphatic rings. The van der Waals surface area contributed by atoms with Crippen molar-refractivity contribution >= 4 is 15.9 Å². The highest BCUT2D eigenvalue weighted by molar-refractivity contribution is 9.10. The predicted octanol–water partition coefficient (Wildman–Crippen LogP) is 2.62. The van der Waals surface area contributed by atoms with Crippen LogP contribution in [0.25, 0.3) is 0 Å². The Balaban J connectivity index is 2.47. The molecule has 0 saturated carbocycles. The molecular formula is C12H19BrN2. The molecule has 0 bridgehead atoms. The Bertz CT molecular complexity index is 301. The molecular weight excluding hydrogens is 252 g/mol. The molecule has 0 heterocycles. The summed E-state index contributed by atoms with van der Waals surface area (Å²) in [6.07, 6.45) is 1.03. The highest BCUT2D eigenvalue weighted by atomic mass is 79.9. The fourth-order valence-electron chi connectivity index (χ4n) is 1.54. The van der Waals surface area contributed by atoms with Gasteiger partial charge in [0.1, 0.15) is 0 Å². The van der Waals surface area contributed by atoms with Gasteiger partial charge in [0, 0.05) is 23.6 Å². The zero-order valence-electron chi connectivity index (χ0n) is 9.41.